The standard InChI is InChI=1S/C18H15Cl2N3O2/c1-10-14(17(24)22-11-6-3-2-4-7-11)16(23-18(25)21-10)12-8-5-9-13(19)15(12)20/h2-9,16H,1H3,(H,22,24)(H2,21,23,25). The molecule has 0 saturated carbocycles. The first kappa shape index (κ1) is 17.3. The number of rotatable bonds is 3. The number of carbonyl (C=O) groups is 2. The van der Waals surface area contributed by atoms with Crippen molar-refractivity contribution in [2.75, 3.05) is 5.32 Å². The minimum Gasteiger partial charge on any atom is -0.327 e. The summed E-state index contributed by atoms with van der Waals surface area (Å²) in [5.41, 5.74) is 2.04. The normalized spacial score (nSPS) is 16.9. The van der Waals surface area contributed by atoms with Gasteiger partial charge in [0.25, 0.3) is 5.91 Å². The molecule has 1 unspecified atom stereocenters. The zero-order valence-corrected chi connectivity index (χ0v) is 14.8. The van der Waals surface area contributed by atoms with E-state index in [0.29, 0.717) is 32.6 Å². The SMILES string of the molecule is CC1=C(C(=O)Nc2ccccc2)C(c2cccc(Cl)c2Cl)NC(=O)N1. The summed E-state index contributed by atoms with van der Waals surface area (Å²) < 4.78 is 0. The lowest BCUT2D eigenvalue weighted by Crippen LogP contribution is -2.46. The number of hydrogen-bond donors (Lipinski definition) is 3. The Morgan fingerprint density at radius 1 is 1.08 bits per heavy atom. The molecule has 1 atom stereocenters. The van der Waals surface area contributed by atoms with Crippen molar-refractivity contribution in [1.82, 2.24) is 10.6 Å². The molecule has 1 aliphatic rings. The fourth-order valence-corrected chi connectivity index (χ4v) is 3.11. The van der Waals surface area contributed by atoms with Crippen LogP contribution in [0.2, 0.25) is 10.0 Å². The molecule has 1 heterocycles. The molecule has 3 amide bonds. The van der Waals surface area contributed by atoms with Crippen LogP contribution in [0.1, 0.15) is 18.5 Å². The lowest BCUT2D eigenvalue weighted by Gasteiger charge is -2.29. The maximum Gasteiger partial charge on any atom is 0.319 e. The fraction of sp³-hybridized carbons (Fsp3) is 0.111. The van der Waals surface area contributed by atoms with Crippen LogP contribution >= 0.6 is 23.2 Å². The zero-order valence-electron chi connectivity index (χ0n) is 13.3. The van der Waals surface area contributed by atoms with Crippen LogP contribution in [0.4, 0.5) is 10.5 Å². The van der Waals surface area contributed by atoms with Gasteiger partial charge in [0.2, 0.25) is 0 Å². The summed E-state index contributed by atoms with van der Waals surface area (Å²) in [5.74, 6) is -0.336. The van der Waals surface area contributed by atoms with Crippen LogP contribution in [0.3, 0.4) is 0 Å². The van der Waals surface area contributed by atoms with E-state index < -0.39 is 12.1 Å². The van der Waals surface area contributed by atoms with Crippen LogP contribution in [0.15, 0.2) is 59.8 Å². The molecule has 0 spiro atoms. The second kappa shape index (κ2) is 7.17. The van der Waals surface area contributed by atoms with Gasteiger partial charge < -0.3 is 16.0 Å². The number of para-hydroxylation sites is 1. The third-order valence-corrected chi connectivity index (χ3v) is 4.67. The molecule has 3 N–H and O–H groups in total. The Bertz CT molecular complexity index is 866. The largest absolute Gasteiger partial charge is 0.327 e. The van der Waals surface area contributed by atoms with Gasteiger partial charge in [-0.05, 0) is 30.7 Å². The number of anilines is 1. The van der Waals surface area contributed by atoms with Gasteiger partial charge in [0.15, 0.2) is 0 Å². The van der Waals surface area contributed by atoms with Crippen molar-refractivity contribution in [3.63, 3.8) is 0 Å². The minimum atomic E-state index is -0.705. The Kier molecular flexibility index (Phi) is 4.97. The molecule has 5 nitrogen and oxygen atoms in total. The molecule has 0 saturated heterocycles. The van der Waals surface area contributed by atoms with Crippen LogP contribution in [0, 0.1) is 0 Å². The second-order valence-corrected chi connectivity index (χ2v) is 6.32. The first-order valence-corrected chi connectivity index (χ1v) is 8.31. The molecule has 0 aliphatic carbocycles. The molecule has 2 aromatic carbocycles. The summed E-state index contributed by atoms with van der Waals surface area (Å²) in [4.78, 5) is 24.7. The molecule has 0 radical (unpaired) electrons. The number of amides is 3. The van der Waals surface area contributed by atoms with Crippen LogP contribution in [0.5, 0.6) is 0 Å². The van der Waals surface area contributed by atoms with E-state index in [9.17, 15) is 9.59 Å². The predicted molar refractivity (Wildman–Crippen MR) is 98.6 cm³/mol. The monoisotopic (exact) mass is 375 g/mol. The smallest absolute Gasteiger partial charge is 0.319 e. The molecule has 3 rings (SSSR count). The molecule has 128 valence electrons. The summed E-state index contributed by atoms with van der Waals surface area (Å²) in [7, 11) is 0. The van der Waals surface area contributed by atoms with Gasteiger partial charge in [-0.2, -0.15) is 0 Å². The van der Waals surface area contributed by atoms with Gasteiger partial charge in [-0.15, -0.1) is 0 Å². The second-order valence-electron chi connectivity index (χ2n) is 5.53. The van der Waals surface area contributed by atoms with E-state index in [-0.39, 0.29) is 5.91 Å². The third kappa shape index (κ3) is 3.62. The van der Waals surface area contributed by atoms with Crippen LogP contribution in [-0.2, 0) is 4.79 Å². The van der Waals surface area contributed by atoms with Gasteiger partial charge in [-0.25, -0.2) is 4.79 Å². The van der Waals surface area contributed by atoms with Crippen molar-refractivity contribution in [2.45, 2.75) is 13.0 Å². The molecule has 25 heavy (non-hydrogen) atoms. The highest BCUT2D eigenvalue weighted by molar-refractivity contribution is 6.42. The molecule has 0 fully saturated rings. The van der Waals surface area contributed by atoms with Crippen molar-refractivity contribution in [3.8, 4) is 0 Å². The Morgan fingerprint density at radius 2 is 1.80 bits per heavy atom. The lowest BCUT2D eigenvalue weighted by atomic mass is 9.94. The lowest BCUT2D eigenvalue weighted by molar-refractivity contribution is -0.113. The first-order chi connectivity index (χ1) is 12.0. The fourth-order valence-electron chi connectivity index (χ4n) is 2.69. The summed E-state index contributed by atoms with van der Waals surface area (Å²) >= 11 is 12.4. The summed E-state index contributed by atoms with van der Waals surface area (Å²) in [6.07, 6.45) is 0. The van der Waals surface area contributed by atoms with Crippen molar-refractivity contribution >= 4 is 40.8 Å². The van der Waals surface area contributed by atoms with Crippen LogP contribution < -0.4 is 16.0 Å². The van der Waals surface area contributed by atoms with Gasteiger partial charge in [-0.1, -0.05) is 53.5 Å². The van der Waals surface area contributed by atoms with E-state index in [2.05, 4.69) is 16.0 Å². The summed E-state index contributed by atoms with van der Waals surface area (Å²) in [5, 5.41) is 8.84. The summed E-state index contributed by atoms with van der Waals surface area (Å²) in [6, 6.07) is 13.1. The first-order valence-electron chi connectivity index (χ1n) is 7.56. The van der Waals surface area contributed by atoms with E-state index >= 15 is 0 Å². The number of urea groups is 1. The number of benzene rings is 2. The van der Waals surface area contributed by atoms with E-state index in [4.69, 9.17) is 23.2 Å². The van der Waals surface area contributed by atoms with E-state index in [1.54, 1.807) is 37.3 Å². The van der Waals surface area contributed by atoms with Gasteiger partial charge in [-0.3, -0.25) is 4.79 Å². The quantitative estimate of drug-likeness (QED) is 0.749. The maximum atomic E-state index is 12.8. The number of nitrogens with one attached hydrogen (secondary N) is 3. The van der Waals surface area contributed by atoms with E-state index in [1.807, 2.05) is 18.2 Å². The Morgan fingerprint density at radius 3 is 2.52 bits per heavy atom. The molecular weight excluding hydrogens is 361 g/mol. The van der Waals surface area contributed by atoms with Gasteiger partial charge in [0, 0.05) is 11.4 Å². The molecule has 2 aromatic rings. The van der Waals surface area contributed by atoms with E-state index in [1.165, 1.54) is 0 Å². The average Bonchev–Trinajstić information content (AvgIpc) is 2.57. The number of hydrogen-bond acceptors (Lipinski definition) is 2. The van der Waals surface area contributed by atoms with Crippen molar-refractivity contribution in [2.24, 2.45) is 0 Å². The van der Waals surface area contributed by atoms with Crippen LogP contribution in [-0.4, -0.2) is 11.9 Å². The van der Waals surface area contributed by atoms with Crippen LogP contribution in [0.25, 0.3) is 0 Å². The minimum absolute atomic E-state index is 0.300. The molecule has 7 heteroatoms. The molecule has 1 aliphatic heterocycles. The topological polar surface area (TPSA) is 70.2 Å². The molecule has 0 bridgehead atoms. The number of carbonyl (C=O) groups excluding carboxylic acids is 2. The number of halogens is 2. The predicted octanol–water partition coefficient (Wildman–Crippen LogP) is 4.26. The molecular formula is C18H15Cl2N3O2. The molecule has 0 aromatic heterocycles. The zero-order chi connectivity index (χ0) is 18.0. The van der Waals surface area contributed by atoms with Gasteiger partial charge in [0.1, 0.15) is 0 Å². The average molecular weight is 376 g/mol. The third-order valence-electron chi connectivity index (χ3n) is 3.84. The number of allylic oxidation sites excluding steroid dienone is 1. The summed E-state index contributed by atoms with van der Waals surface area (Å²) in [6.45, 7) is 1.67. The highest BCUT2D eigenvalue weighted by Gasteiger charge is 2.32. The Balaban J connectivity index is 2.01. The van der Waals surface area contributed by atoms with Crippen molar-refractivity contribution in [1.29, 1.82) is 0 Å². The highest BCUT2D eigenvalue weighted by Crippen LogP contribution is 2.35. The van der Waals surface area contributed by atoms with Gasteiger partial charge in [0.05, 0.1) is 21.7 Å². The maximum absolute atomic E-state index is 12.8. The van der Waals surface area contributed by atoms with Crippen molar-refractivity contribution < 1.29 is 9.59 Å². The highest BCUT2D eigenvalue weighted by atomic mass is 35.5. The van der Waals surface area contributed by atoms with Crippen molar-refractivity contribution in [3.05, 3.63) is 75.4 Å². The Labute approximate surface area is 155 Å². The Hall–Kier alpha value is -2.50. The van der Waals surface area contributed by atoms with E-state index in [0.717, 1.165) is 0 Å². The van der Waals surface area contributed by atoms with Gasteiger partial charge >= 0.3 is 6.03 Å².